The zero-order valence-corrected chi connectivity index (χ0v) is 33.1. The highest BCUT2D eigenvalue weighted by molar-refractivity contribution is 7.91. The third kappa shape index (κ3) is 7.35. The van der Waals surface area contributed by atoms with Crippen molar-refractivity contribution in [1.82, 2.24) is 25.2 Å². The lowest BCUT2D eigenvalue weighted by molar-refractivity contribution is -0.141. The molecule has 1 unspecified atom stereocenters. The van der Waals surface area contributed by atoms with Gasteiger partial charge < -0.3 is 25.0 Å². The molecule has 1 aromatic carbocycles. The molecule has 4 fully saturated rings. The average Bonchev–Trinajstić information content (AvgIpc) is 4.09. The number of nitrogens with one attached hydrogen (secondary N) is 3. The second kappa shape index (κ2) is 14.3. The lowest BCUT2D eigenvalue weighted by atomic mass is 9.86. The molecule has 4 amide bonds. The van der Waals surface area contributed by atoms with Crippen LogP contribution in [-0.2, 0) is 35.6 Å². The number of aryl methyl sites for hydroxylation is 1. The number of carbonyl (C=O) groups excluding carboxylic acids is 4. The van der Waals surface area contributed by atoms with Gasteiger partial charge in [-0.15, -0.1) is 0 Å². The molecule has 302 valence electrons. The predicted molar refractivity (Wildman–Crippen MR) is 204 cm³/mol. The number of pyridine rings is 1. The SMILES string of the molecule is CC(C)COC(=O)N[C@H]1CCCCC/C=C\C2C[C@@]2(C(=O)NS(=O)(=O)C2(C)CC2)NC(=O)[C@@H]2C[C@]3(CCc4c(c(C5CC5)nc5ccc(F)cc45)O3)CN2C1=O. The number of aromatic nitrogens is 1. The molecule has 1 aromatic heterocycles. The second-order valence-electron chi connectivity index (χ2n) is 17.6. The van der Waals surface area contributed by atoms with Crippen molar-refractivity contribution in [1.29, 1.82) is 0 Å². The first kappa shape index (κ1) is 38.6. The number of allylic oxidation sites excluding steroid dienone is 1. The van der Waals surface area contributed by atoms with E-state index in [2.05, 4.69) is 15.4 Å². The molecule has 1 saturated heterocycles. The first-order chi connectivity index (χ1) is 26.6. The van der Waals surface area contributed by atoms with Crippen LogP contribution < -0.4 is 20.1 Å². The number of carbonyl (C=O) groups is 4. The Morgan fingerprint density at radius 2 is 1.89 bits per heavy atom. The molecular weight excluding hydrogens is 742 g/mol. The van der Waals surface area contributed by atoms with Crippen molar-refractivity contribution in [3.63, 3.8) is 0 Å². The van der Waals surface area contributed by atoms with Gasteiger partial charge in [0, 0.05) is 29.2 Å². The summed E-state index contributed by atoms with van der Waals surface area (Å²) in [5.74, 6) is -1.86. The molecule has 0 bridgehead atoms. The maximum absolute atomic E-state index is 14.8. The summed E-state index contributed by atoms with van der Waals surface area (Å²) in [6, 6.07) is 2.43. The molecule has 0 radical (unpaired) electrons. The molecule has 8 rings (SSSR count). The molecule has 15 heteroatoms. The largest absolute Gasteiger partial charge is 0.483 e. The number of benzene rings is 1. The highest BCUT2D eigenvalue weighted by Crippen LogP contribution is 2.52. The average molecular weight is 794 g/mol. The third-order valence-electron chi connectivity index (χ3n) is 12.6. The molecule has 13 nitrogen and oxygen atoms in total. The molecule has 4 heterocycles. The first-order valence-corrected chi connectivity index (χ1v) is 21.7. The van der Waals surface area contributed by atoms with E-state index in [9.17, 15) is 32.0 Å². The normalized spacial score (nSPS) is 30.5. The van der Waals surface area contributed by atoms with Gasteiger partial charge in [0.05, 0.1) is 29.1 Å². The van der Waals surface area contributed by atoms with Crippen LogP contribution >= 0.6 is 0 Å². The van der Waals surface area contributed by atoms with Crippen LogP contribution in [-0.4, -0.2) is 83.2 Å². The van der Waals surface area contributed by atoms with Crippen LogP contribution in [0.3, 0.4) is 0 Å². The fraction of sp³-hybridized carbons (Fsp3) is 0.634. The summed E-state index contributed by atoms with van der Waals surface area (Å²) in [6.45, 7) is 5.60. The quantitative estimate of drug-likeness (QED) is 0.324. The molecule has 6 aliphatic rings. The number of nitrogens with zero attached hydrogens (tertiary/aromatic N) is 2. The number of rotatable bonds is 7. The number of ether oxygens (including phenoxy) is 2. The molecule has 3 saturated carbocycles. The molecule has 3 aliphatic carbocycles. The van der Waals surface area contributed by atoms with E-state index in [1.165, 1.54) is 17.0 Å². The van der Waals surface area contributed by atoms with Gasteiger partial charge in [-0.25, -0.2) is 22.6 Å². The summed E-state index contributed by atoms with van der Waals surface area (Å²) >= 11 is 0. The van der Waals surface area contributed by atoms with Crippen molar-refractivity contribution >= 4 is 44.7 Å². The molecule has 3 aliphatic heterocycles. The van der Waals surface area contributed by atoms with Crippen LogP contribution in [0.1, 0.15) is 115 Å². The molecule has 1 spiro atoms. The number of hydrogen-bond acceptors (Lipinski definition) is 9. The summed E-state index contributed by atoms with van der Waals surface area (Å²) in [6.07, 6.45) is 10.2. The van der Waals surface area contributed by atoms with Crippen molar-refractivity contribution in [2.75, 3.05) is 13.2 Å². The van der Waals surface area contributed by atoms with Crippen molar-refractivity contribution in [2.45, 2.75) is 138 Å². The smallest absolute Gasteiger partial charge is 0.407 e. The summed E-state index contributed by atoms with van der Waals surface area (Å²) in [5, 5.41) is 6.39. The topological polar surface area (TPSA) is 173 Å². The van der Waals surface area contributed by atoms with Crippen LogP contribution in [0.25, 0.3) is 10.9 Å². The van der Waals surface area contributed by atoms with Crippen molar-refractivity contribution in [3.8, 4) is 5.75 Å². The number of fused-ring (bicyclic) bond motifs is 5. The summed E-state index contributed by atoms with van der Waals surface area (Å²) < 4.78 is 54.6. The number of amides is 4. The van der Waals surface area contributed by atoms with E-state index in [4.69, 9.17) is 14.5 Å². The van der Waals surface area contributed by atoms with E-state index >= 15 is 0 Å². The Hall–Kier alpha value is -4.27. The van der Waals surface area contributed by atoms with Crippen molar-refractivity contribution < 1.29 is 41.5 Å². The van der Waals surface area contributed by atoms with Crippen LogP contribution in [0.4, 0.5) is 9.18 Å². The van der Waals surface area contributed by atoms with Crippen LogP contribution in [0.5, 0.6) is 5.75 Å². The standard InChI is InChI=1S/C41H52FN5O8S/c1-24(2)22-54-38(51)44-31-10-8-6-4-5-7-9-26-20-41(26,37(50)46-56(52,53)39(3)17-18-39)45-35(48)32-21-40(23-47(32)36(31)49)16-15-28-29-19-27(42)13-14-30(29)43-33(25-11-12-25)34(28)55-40/h7,9,13-14,19,24-26,31-32H,4-6,8,10-12,15-18,20-23H2,1-3H3,(H,44,51)(H,45,48)(H,46,50)/b9-7-/t26?,31-,32-,40+,41+/m0/s1. The Labute approximate surface area is 326 Å². The van der Waals surface area contributed by atoms with E-state index in [-0.39, 0.29) is 43.6 Å². The van der Waals surface area contributed by atoms with E-state index < -0.39 is 67.7 Å². The maximum atomic E-state index is 14.8. The fourth-order valence-corrected chi connectivity index (χ4v) is 9.90. The third-order valence-corrected chi connectivity index (χ3v) is 14.8. The minimum absolute atomic E-state index is 0.0170. The lowest BCUT2D eigenvalue weighted by Gasteiger charge is -2.37. The number of sulfonamides is 1. The van der Waals surface area contributed by atoms with Gasteiger partial charge in [-0.1, -0.05) is 38.8 Å². The summed E-state index contributed by atoms with van der Waals surface area (Å²) in [4.78, 5) is 62.8. The summed E-state index contributed by atoms with van der Waals surface area (Å²) in [7, 11) is -4.00. The molecule has 2 aromatic rings. The van der Waals surface area contributed by atoms with Gasteiger partial charge in [0.25, 0.3) is 5.91 Å². The van der Waals surface area contributed by atoms with Crippen LogP contribution in [0.15, 0.2) is 30.4 Å². The van der Waals surface area contributed by atoms with Gasteiger partial charge in [0.1, 0.15) is 34.8 Å². The number of hydrogen-bond donors (Lipinski definition) is 3. The monoisotopic (exact) mass is 793 g/mol. The fourth-order valence-electron chi connectivity index (χ4n) is 8.59. The molecule has 56 heavy (non-hydrogen) atoms. The number of alkyl carbamates (subject to hydrolysis) is 1. The summed E-state index contributed by atoms with van der Waals surface area (Å²) in [5.41, 5.74) is -0.232. The van der Waals surface area contributed by atoms with Crippen LogP contribution in [0.2, 0.25) is 0 Å². The van der Waals surface area contributed by atoms with E-state index in [1.54, 1.807) is 13.0 Å². The Balaban J connectivity index is 1.14. The van der Waals surface area contributed by atoms with Gasteiger partial charge in [0.2, 0.25) is 21.8 Å². The highest BCUT2D eigenvalue weighted by Gasteiger charge is 2.64. The van der Waals surface area contributed by atoms with Gasteiger partial charge >= 0.3 is 6.09 Å². The maximum Gasteiger partial charge on any atom is 0.407 e. The second-order valence-corrected chi connectivity index (χ2v) is 19.8. The van der Waals surface area contributed by atoms with Crippen molar-refractivity contribution in [3.05, 3.63) is 47.4 Å². The lowest BCUT2D eigenvalue weighted by Crippen LogP contribution is -2.58. The molecule has 5 atom stereocenters. The van der Waals surface area contributed by atoms with Crippen LogP contribution in [0, 0.1) is 17.7 Å². The van der Waals surface area contributed by atoms with Gasteiger partial charge in [-0.05, 0) is 95.2 Å². The van der Waals surface area contributed by atoms with Gasteiger partial charge in [-0.3, -0.25) is 19.1 Å². The first-order valence-electron chi connectivity index (χ1n) is 20.2. The Kier molecular flexibility index (Phi) is 9.84. The van der Waals surface area contributed by atoms with E-state index in [1.807, 2.05) is 26.0 Å². The van der Waals surface area contributed by atoms with Gasteiger partial charge in [0.15, 0.2) is 0 Å². The molecule has 3 N–H and O–H groups in total. The minimum atomic E-state index is -4.00. The van der Waals surface area contributed by atoms with E-state index in [0.29, 0.717) is 61.6 Å². The van der Waals surface area contributed by atoms with Crippen molar-refractivity contribution in [2.24, 2.45) is 11.8 Å². The zero-order chi connectivity index (χ0) is 39.6. The number of halogens is 1. The Morgan fingerprint density at radius 3 is 2.62 bits per heavy atom. The Bertz CT molecular complexity index is 2100. The van der Waals surface area contributed by atoms with Gasteiger partial charge in [-0.2, -0.15) is 0 Å². The Morgan fingerprint density at radius 1 is 1.11 bits per heavy atom. The predicted octanol–water partition coefficient (Wildman–Crippen LogP) is 5.06. The minimum Gasteiger partial charge on any atom is -0.483 e. The highest BCUT2D eigenvalue weighted by atomic mass is 32.2. The van der Waals surface area contributed by atoms with E-state index in [0.717, 1.165) is 36.9 Å². The zero-order valence-electron chi connectivity index (χ0n) is 32.3. The molecular formula is C41H52FN5O8S.